The highest BCUT2D eigenvalue weighted by Gasteiger charge is 2.33. The minimum atomic E-state index is -0.447. The maximum absolute atomic E-state index is 13.9. The Morgan fingerprint density at radius 1 is 1.48 bits per heavy atom. The zero-order chi connectivity index (χ0) is 18.0. The van der Waals surface area contributed by atoms with Gasteiger partial charge in [0, 0.05) is 12.6 Å². The van der Waals surface area contributed by atoms with Gasteiger partial charge in [0.15, 0.2) is 17.3 Å². The molecule has 1 aromatic carbocycles. The monoisotopic (exact) mass is 347 g/mol. The van der Waals surface area contributed by atoms with Crippen LogP contribution < -0.4 is 10.1 Å². The van der Waals surface area contributed by atoms with Crippen molar-refractivity contribution in [3.05, 3.63) is 47.1 Å². The molecule has 1 aliphatic heterocycles. The summed E-state index contributed by atoms with van der Waals surface area (Å²) in [6, 6.07) is 5.91. The molecule has 0 spiro atoms. The fourth-order valence-electron chi connectivity index (χ4n) is 3.15. The summed E-state index contributed by atoms with van der Waals surface area (Å²) in [6.45, 7) is 4.33. The van der Waals surface area contributed by atoms with Crippen LogP contribution in [0.4, 0.5) is 9.18 Å². The highest BCUT2D eigenvalue weighted by Crippen LogP contribution is 2.32. The number of aromatic nitrogens is 1. The Hall–Kier alpha value is -2.57. The van der Waals surface area contributed by atoms with E-state index in [-0.39, 0.29) is 23.9 Å². The lowest BCUT2D eigenvalue weighted by Crippen LogP contribution is -2.40. The number of benzene rings is 1. The molecule has 1 N–H and O–H groups in total. The number of hydrogen-bond acceptors (Lipinski definition) is 4. The Kier molecular flexibility index (Phi) is 4.92. The van der Waals surface area contributed by atoms with Crippen molar-refractivity contribution < 1.29 is 18.4 Å². The molecule has 0 unspecified atom stereocenters. The molecule has 3 rings (SSSR count). The first-order valence-corrected chi connectivity index (χ1v) is 8.33. The number of nitrogens with one attached hydrogen (secondary N) is 1. The first-order chi connectivity index (χ1) is 12.0. The van der Waals surface area contributed by atoms with E-state index in [2.05, 4.69) is 10.5 Å². The van der Waals surface area contributed by atoms with Gasteiger partial charge in [-0.25, -0.2) is 9.18 Å². The van der Waals surface area contributed by atoms with Crippen molar-refractivity contribution >= 4 is 6.03 Å². The highest BCUT2D eigenvalue weighted by atomic mass is 19.1. The molecular formula is C18H22FN3O3. The van der Waals surface area contributed by atoms with Gasteiger partial charge in [0.2, 0.25) is 0 Å². The van der Waals surface area contributed by atoms with E-state index in [1.165, 1.54) is 13.2 Å². The van der Waals surface area contributed by atoms with Gasteiger partial charge in [-0.2, -0.15) is 0 Å². The van der Waals surface area contributed by atoms with Crippen LogP contribution in [0.15, 0.2) is 28.8 Å². The number of rotatable bonds is 4. The van der Waals surface area contributed by atoms with Gasteiger partial charge in [-0.05, 0) is 44.4 Å². The standard InChI is InChI=1S/C18H22FN3O3/c1-11-9-17(25-21-11)15-5-4-8-22(15)18(23)20-12(2)13-6-7-16(24-3)14(19)10-13/h6-7,9-10,12,15H,4-5,8H2,1-3H3,(H,20,23)/t12-,15+/m1/s1. The number of carbonyl (C=O) groups excluding carboxylic acids is 1. The van der Waals surface area contributed by atoms with Crippen molar-refractivity contribution in [1.29, 1.82) is 0 Å². The predicted molar refractivity (Wildman–Crippen MR) is 89.8 cm³/mol. The smallest absolute Gasteiger partial charge is 0.318 e. The number of nitrogens with zero attached hydrogens (tertiary/aromatic N) is 2. The minimum Gasteiger partial charge on any atom is -0.494 e. The van der Waals surface area contributed by atoms with E-state index in [0.717, 1.165) is 18.5 Å². The zero-order valence-corrected chi connectivity index (χ0v) is 14.6. The summed E-state index contributed by atoms with van der Waals surface area (Å²) in [4.78, 5) is 14.4. The van der Waals surface area contributed by atoms with Crippen LogP contribution in [0.2, 0.25) is 0 Å². The van der Waals surface area contributed by atoms with Gasteiger partial charge < -0.3 is 19.5 Å². The van der Waals surface area contributed by atoms with Crippen molar-refractivity contribution in [3.63, 3.8) is 0 Å². The summed E-state index contributed by atoms with van der Waals surface area (Å²) in [5.41, 5.74) is 1.47. The first kappa shape index (κ1) is 17.3. The fraction of sp³-hybridized carbons (Fsp3) is 0.444. The van der Waals surface area contributed by atoms with Crippen molar-refractivity contribution in [2.75, 3.05) is 13.7 Å². The molecule has 1 fully saturated rings. The largest absolute Gasteiger partial charge is 0.494 e. The van der Waals surface area contributed by atoms with E-state index in [1.807, 2.05) is 19.9 Å². The Morgan fingerprint density at radius 3 is 2.92 bits per heavy atom. The number of urea groups is 1. The summed E-state index contributed by atoms with van der Waals surface area (Å²) in [5.74, 6) is 0.438. The molecular weight excluding hydrogens is 325 g/mol. The van der Waals surface area contributed by atoms with Gasteiger partial charge in [-0.1, -0.05) is 11.2 Å². The number of amides is 2. The lowest BCUT2D eigenvalue weighted by molar-refractivity contribution is 0.179. The van der Waals surface area contributed by atoms with Crippen LogP contribution >= 0.6 is 0 Å². The van der Waals surface area contributed by atoms with E-state index in [0.29, 0.717) is 17.9 Å². The summed E-state index contributed by atoms with van der Waals surface area (Å²) in [5, 5.41) is 6.83. The molecule has 2 amide bonds. The molecule has 0 radical (unpaired) electrons. The van der Waals surface area contributed by atoms with E-state index < -0.39 is 5.82 Å². The summed E-state index contributed by atoms with van der Waals surface area (Å²) >= 11 is 0. The molecule has 0 saturated carbocycles. The third-order valence-corrected chi connectivity index (χ3v) is 4.50. The van der Waals surface area contributed by atoms with Crippen molar-refractivity contribution in [1.82, 2.24) is 15.4 Å². The lowest BCUT2D eigenvalue weighted by Gasteiger charge is -2.25. The fourth-order valence-corrected chi connectivity index (χ4v) is 3.15. The van der Waals surface area contributed by atoms with E-state index in [9.17, 15) is 9.18 Å². The number of halogens is 1. The number of aryl methyl sites for hydroxylation is 1. The van der Waals surface area contributed by atoms with Gasteiger partial charge in [0.1, 0.15) is 0 Å². The van der Waals surface area contributed by atoms with Gasteiger partial charge in [0.05, 0.1) is 24.9 Å². The Bertz CT molecular complexity index is 762. The van der Waals surface area contributed by atoms with Crippen LogP contribution in [0.25, 0.3) is 0 Å². The number of hydrogen-bond donors (Lipinski definition) is 1. The minimum absolute atomic E-state index is 0.110. The van der Waals surface area contributed by atoms with Gasteiger partial charge in [0.25, 0.3) is 0 Å². The summed E-state index contributed by atoms with van der Waals surface area (Å²) in [7, 11) is 1.42. The number of ether oxygens (including phenoxy) is 1. The third-order valence-electron chi connectivity index (χ3n) is 4.50. The quantitative estimate of drug-likeness (QED) is 0.915. The average Bonchev–Trinajstić information content (AvgIpc) is 3.23. The predicted octanol–water partition coefficient (Wildman–Crippen LogP) is 3.74. The molecule has 1 saturated heterocycles. The molecule has 2 aromatic rings. The molecule has 2 atom stereocenters. The molecule has 1 aromatic heterocycles. The van der Waals surface area contributed by atoms with Crippen LogP contribution in [0, 0.1) is 12.7 Å². The first-order valence-electron chi connectivity index (χ1n) is 8.33. The molecule has 1 aliphatic rings. The SMILES string of the molecule is COc1ccc([C@@H](C)NC(=O)N2CCC[C@H]2c2cc(C)no2)cc1F. The maximum Gasteiger partial charge on any atom is 0.318 e. The van der Waals surface area contributed by atoms with Crippen LogP contribution in [0.5, 0.6) is 5.75 Å². The number of methoxy groups -OCH3 is 1. The maximum atomic E-state index is 13.9. The van der Waals surface area contributed by atoms with Crippen molar-refractivity contribution in [2.45, 2.75) is 38.8 Å². The Labute approximate surface area is 145 Å². The van der Waals surface area contributed by atoms with Crippen LogP contribution in [-0.2, 0) is 0 Å². The number of likely N-dealkylation sites (tertiary alicyclic amines) is 1. The topological polar surface area (TPSA) is 67.6 Å². The second kappa shape index (κ2) is 7.13. The van der Waals surface area contributed by atoms with Crippen LogP contribution in [0.1, 0.15) is 48.9 Å². The number of carbonyl (C=O) groups is 1. The van der Waals surface area contributed by atoms with Crippen molar-refractivity contribution in [3.8, 4) is 5.75 Å². The van der Waals surface area contributed by atoms with E-state index in [4.69, 9.17) is 9.26 Å². The molecule has 7 heteroatoms. The summed E-state index contributed by atoms with van der Waals surface area (Å²) < 4.78 is 24.1. The molecule has 6 nitrogen and oxygen atoms in total. The lowest BCUT2D eigenvalue weighted by atomic mass is 10.1. The van der Waals surface area contributed by atoms with Crippen molar-refractivity contribution in [2.24, 2.45) is 0 Å². The van der Waals surface area contributed by atoms with Crippen LogP contribution in [0.3, 0.4) is 0 Å². The average molecular weight is 347 g/mol. The Balaban J connectivity index is 1.69. The summed E-state index contributed by atoms with van der Waals surface area (Å²) in [6.07, 6.45) is 1.75. The molecule has 2 heterocycles. The van der Waals surface area contributed by atoms with Crippen LogP contribution in [-0.4, -0.2) is 29.7 Å². The molecule has 25 heavy (non-hydrogen) atoms. The second-order valence-electron chi connectivity index (χ2n) is 6.29. The Morgan fingerprint density at radius 2 is 2.28 bits per heavy atom. The normalized spacial score (nSPS) is 18.2. The van der Waals surface area contributed by atoms with E-state index >= 15 is 0 Å². The highest BCUT2D eigenvalue weighted by molar-refractivity contribution is 5.75. The van der Waals surface area contributed by atoms with E-state index in [1.54, 1.807) is 17.0 Å². The molecule has 0 aliphatic carbocycles. The zero-order valence-electron chi connectivity index (χ0n) is 14.6. The van der Waals surface area contributed by atoms with Gasteiger partial charge in [-0.3, -0.25) is 0 Å². The molecule has 0 bridgehead atoms. The third kappa shape index (κ3) is 3.60. The van der Waals surface area contributed by atoms with Gasteiger partial charge >= 0.3 is 6.03 Å². The van der Waals surface area contributed by atoms with Gasteiger partial charge in [-0.15, -0.1) is 0 Å². The second-order valence-corrected chi connectivity index (χ2v) is 6.29. The molecule has 134 valence electrons.